The average Bonchev–Trinajstić information content (AvgIpc) is 2.84. The Morgan fingerprint density at radius 3 is 2.49 bits per heavy atom. The summed E-state index contributed by atoms with van der Waals surface area (Å²) in [5, 5.41) is 14.3. The van der Waals surface area contributed by atoms with Crippen LogP contribution in [0, 0.1) is 0 Å². The highest BCUT2D eigenvalue weighted by Crippen LogP contribution is 2.19. The number of hydrogen-bond donors (Lipinski definition) is 3. The normalized spacial score (nSPS) is 20.1. The number of amides is 4. The van der Waals surface area contributed by atoms with E-state index in [2.05, 4.69) is 10.6 Å². The van der Waals surface area contributed by atoms with Crippen molar-refractivity contribution in [1.82, 2.24) is 20.4 Å². The van der Waals surface area contributed by atoms with Crippen molar-refractivity contribution < 1.29 is 29.1 Å². The van der Waals surface area contributed by atoms with E-state index >= 15 is 0 Å². The van der Waals surface area contributed by atoms with Gasteiger partial charge in [0.1, 0.15) is 12.1 Å². The zero-order valence-electron chi connectivity index (χ0n) is 19.9. The van der Waals surface area contributed by atoms with Gasteiger partial charge < -0.3 is 30.4 Å². The number of hydrogen-bond acceptors (Lipinski definition) is 7. The molecule has 4 amide bonds. The molecule has 0 radical (unpaired) electrons. The predicted molar refractivity (Wildman–Crippen MR) is 131 cm³/mol. The quantitative estimate of drug-likeness (QED) is 0.435. The fraction of sp³-hybridized carbons (Fsp3) is 0.522. The van der Waals surface area contributed by atoms with Crippen LogP contribution in [0.4, 0.5) is 5.69 Å². The van der Waals surface area contributed by atoms with Crippen LogP contribution in [0.5, 0.6) is 0 Å². The van der Waals surface area contributed by atoms with E-state index in [0.717, 1.165) is 23.9 Å². The lowest BCUT2D eigenvalue weighted by molar-refractivity contribution is -0.142. The average molecular weight is 506 g/mol. The number of piperazine rings is 1. The van der Waals surface area contributed by atoms with Gasteiger partial charge in [-0.15, -0.1) is 11.8 Å². The Kier molecular flexibility index (Phi) is 8.96. The first-order valence-electron chi connectivity index (χ1n) is 11.4. The number of anilines is 1. The van der Waals surface area contributed by atoms with Gasteiger partial charge in [0.2, 0.25) is 17.7 Å². The molecule has 0 bridgehead atoms. The minimum absolute atomic E-state index is 0.0240. The third-order valence-electron chi connectivity index (χ3n) is 5.97. The van der Waals surface area contributed by atoms with Gasteiger partial charge in [0, 0.05) is 45.0 Å². The Hall–Kier alpha value is -3.28. The number of carbonyl (C=O) groups is 5. The van der Waals surface area contributed by atoms with E-state index in [9.17, 15) is 24.0 Å². The van der Waals surface area contributed by atoms with Gasteiger partial charge in [-0.2, -0.15) is 0 Å². The maximum Gasteiger partial charge on any atom is 0.313 e. The largest absolute Gasteiger partial charge is 0.481 e. The number of carboxylic acids is 1. The molecule has 190 valence electrons. The van der Waals surface area contributed by atoms with E-state index < -0.39 is 24.0 Å². The number of rotatable bonds is 8. The molecular weight excluding hydrogens is 474 g/mol. The molecule has 11 nitrogen and oxygen atoms in total. The van der Waals surface area contributed by atoms with Crippen LogP contribution in [0.1, 0.15) is 23.2 Å². The Morgan fingerprint density at radius 1 is 1.14 bits per heavy atom. The van der Waals surface area contributed by atoms with Gasteiger partial charge in [0.15, 0.2) is 0 Å². The Bertz CT molecular complexity index is 970. The number of nitrogens with zero attached hydrogens (tertiary/aromatic N) is 3. The number of aliphatic carboxylic acids is 1. The van der Waals surface area contributed by atoms with E-state index in [-0.39, 0.29) is 48.9 Å². The molecule has 2 unspecified atom stereocenters. The topological polar surface area (TPSA) is 139 Å². The predicted octanol–water partition coefficient (Wildman–Crippen LogP) is -0.382. The summed E-state index contributed by atoms with van der Waals surface area (Å²) < 4.78 is 0. The van der Waals surface area contributed by atoms with Crippen molar-refractivity contribution >= 4 is 47.0 Å². The van der Waals surface area contributed by atoms with Crippen molar-refractivity contribution in [1.29, 1.82) is 0 Å². The Balaban J connectivity index is 1.74. The first-order valence-corrected chi connectivity index (χ1v) is 12.6. The van der Waals surface area contributed by atoms with E-state index in [1.165, 1.54) is 9.80 Å². The number of nitrogens with one attached hydrogen (secondary N) is 2. The van der Waals surface area contributed by atoms with Gasteiger partial charge in [-0.25, -0.2) is 0 Å². The number of piperidine rings is 1. The smallest absolute Gasteiger partial charge is 0.313 e. The van der Waals surface area contributed by atoms with E-state index in [4.69, 9.17) is 5.11 Å². The summed E-state index contributed by atoms with van der Waals surface area (Å²) in [6, 6.07) is 5.43. The fourth-order valence-corrected chi connectivity index (χ4v) is 4.68. The van der Waals surface area contributed by atoms with Crippen LogP contribution >= 0.6 is 11.8 Å². The molecule has 2 atom stereocenters. The fourth-order valence-electron chi connectivity index (χ4n) is 4.06. The first-order chi connectivity index (χ1) is 16.7. The van der Waals surface area contributed by atoms with E-state index in [0.29, 0.717) is 18.5 Å². The molecule has 1 aromatic rings. The summed E-state index contributed by atoms with van der Waals surface area (Å²) in [4.78, 5) is 67.0. The van der Waals surface area contributed by atoms with Crippen LogP contribution in [-0.2, 0) is 19.2 Å². The lowest BCUT2D eigenvalue weighted by Gasteiger charge is -2.41. The van der Waals surface area contributed by atoms with Gasteiger partial charge in [-0.05, 0) is 37.1 Å². The van der Waals surface area contributed by atoms with Gasteiger partial charge in [0.05, 0.1) is 18.1 Å². The molecule has 3 N–H and O–H groups in total. The van der Waals surface area contributed by atoms with Crippen molar-refractivity contribution in [3.8, 4) is 0 Å². The molecule has 12 heteroatoms. The van der Waals surface area contributed by atoms with E-state index in [1.807, 2.05) is 31.1 Å². The molecule has 2 heterocycles. The third kappa shape index (κ3) is 6.87. The maximum atomic E-state index is 13.2. The molecule has 2 fully saturated rings. The van der Waals surface area contributed by atoms with Crippen molar-refractivity contribution in [2.75, 3.05) is 56.7 Å². The lowest BCUT2D eigenvalue weighted by atomic mass is 10.0. The molecule has 0 spiro atoms. The minimum Gasteiger partial charge on any atom is -0.481 e. The van der Waals surface area contributed by atoms with Crippen LogP contribution in [0.15, 0.2) is 24.3 Å². The van der Waals surface area contributed by atoms with Crippen LogP contribution < -0.4 is 15.5 Å². The molecule has 0 aromatic heterocycles. The lowest BCUT2D eigenvalue weighted by Crippen LogP contribution is -2.64. The molecule has 0 saturated carbocycles. The van der Waals surface area contributed by atoms with Crippen LogP contribution in [0.25, 0.3) is 0 Å². The van der Waals surface area contributed by atoms with Gasteiger partial charge in [-0.1, -0.05) is 0 Å². The van der Waals surface area contributed by atoms with Gasteiger partial charge in [0.25, 0.3) is 5.91 Å². The van der Waals surface area contributed by atoms with Crippen LogP contribution in [0.3, 0.4) is 0 Å². The Morgan fingerprint density at radius 2 is 1.86 bits per heavy atom. The zero-order valence-corrected chi connectivity index (χ0v) is 20.7. The van der Waals surface area contributed by atoms with Crippen LogP contribution in [-0.4, -0.2) is 108 Å². The molecule has 2 aliphatic heterocycles. The number of carbonyl (C=O) groups excluding carboxylic acids is 4. The summed E-state index contributed by atoms with van der Waals surface area (Å²) in [5.41, 5.74) is 1.41. The van der Waals surface area contributed by atoms with Crippen LogP contribution in [0.2, 0.25) is 0 Å². The second-order valence-corrected chi connectivity index (χ2v) is 9.66. The van der Waals surface area contributed by atoms with Crippen molar-refractivity contribution in [2.45, 2.75) is 24.9 Å². The Labute approximate surface area is 208 Å². The molecule has 2 saturated heterocycles. The molecule has 3 rings (SSSR count). The number of benzene rings is 1. The highest BCUT2D eigenvalue weighted by atomic mass is 32.2. The SMILES string of the molecule is CN(C)c1ccc(C(=O)N2CCN(C(=O)CSCC(=O)O)C(C(=O)NC3CCCNC3=O)C2)cc1. The van der Waals surface area contributed by atoms with E-state index in [1.54, 1.807) is 12.1 Å². The summed E-state index contributed by atoms with van der Waals surface area (Å²) in [6.07, 6.45) is 1.22. The second kappa shape index (κ2) is 11.9. The highest BCUT2D eigenvalue weighted by molar-refractivity contribution is 8.00. The summed E-state index contributed by atoms with van der Waals surface area (Å²) in [6.45, 7) is 0.888. The minimum atomic E-state index is -1.03. The third-order valence-corrected chi connectivity index (χ3v) is 6.88. The zero-order chi connectivity index (χ0) is 25.5. The summed E-state index contributed by atoms with van der Waals surface area (Å²) in [7, 11) is 3.80. The standard InChI is InChI=1S/C23H31N5O6S/c1-26(2)16-7-5-15(6-8-16)23(34)27-10-11-28(19(29)13-35-14-20(30)31)18(12-27)22(33)25-17-4-3-9-24-21(17)32/h5-8,17-18H,3-4,9-14H2,1-2H3,(H,24,32)(H,25,33)(H,30,31). The van der Waals surface area contributed by atoms with Crippen molar-refractivity contribution in [2.24, 2.45) is 0 Å². The molecule has 2 aliphatic rings. The molecular formula is C23H31N5O6S. The monoisotopic (exact) mass is 505 g/mol. The summed E-state index contributed by atoms with van der Waals surface area (Å²) in [5.74, 6) is -2.78. The molecule has 0 aliphatic carbocycles. The number of carboxylic acid groups (broad SMARTS) is 1. The van der Waals surface area contributed by atoms with Crippen molar-refractivity contribution in [3.05, 3.63) is 29.8 Å². The molecule has 35 heavy (non-hydrogen) atoms. The second-order valence-electron chi connectivity index (χ2n) is 8.68. The summed E-state index contributed by atoms with van der Waals surface area (Å²) >= 11 is 0.949. The van der Waals surface area contributed by atoms with Gasteiger partial charge >= 0.3 is 5.97 Å². The number of thioether (sulfide) groups is 1. The maximum absolute atomic E-state index is 13.2. The highest BCUT2D eigenvalue weighted by Gasteiger charge is 2.38. The molecule has 1 aromatic carbocycles. The van der Waals surface area contributed by atoms with Crippen molar-refractivity contribution in [3.63, 3.8) is 0 Å². The van der Waals surface area contributed by atoms with Gasteiger partial charge in [-0.3, -0.25) is 24.0 Å². The first kappa shape index (κ1) is 26.3.